The van der Waals surface area contributed by atoms with Gasteiger partial charge in [0, 0.05) is 28.8 Å². The first-order chi connectivity index (χ1) is 20.0. The van der Waals surface area contributed by atoms with Crippen LogP contribution in [0.3, 0.4) is 0 Å². The quantitative estimate of drug-likeness (QED) is 0.114. The van der Waals surface area contributed by atoms with E-state index >= 15 is 0 Å². The summed E-state index contributed by atoms with van der Waals surface area (Å²) in [6.45, 7) is 4.46. The lowest BCUT2D eigenvalue weighted by Crippen LogP contribution is -2.26. The molecule has 5 heteroatoms. The zero-order valence-corrected chi connectivity index (χ0v) is 25.6. The summed E-state index contributed by atoms with van der Waals surface area (Å²) in [7, 11) is 0. The molecule has 0 radical (unpaired) electrons. The second-order valence-electron chi connectivity index (χ2n) is 11.8. The number of nitrogens with one attached hydrogen (secondary N) is 2. The van der Waals surface area contributed by atoms with Crippen molar-refractivity contribution in [3.63, 3.8) is 0 Å². The highest BCUT2D eigenvalue weighted by atomic mass is 16.2. The summed E-state index contributed by atoms with van der Waals surface area (Å²) in [5.74, 6) is 0.261. The van der Waals surface area contributed by atoms with Gasteiger partial charge in [-0.05, 0) is 24.8 Å². The summed E-state index contributed by atoms with van der Waals surface area (Å²) in [6.07, 6.45) is 19.9. The van der Waals surface area contributed by atoms with Crippen molar-refractivity contribution in [2.75, 3.05) is 5.73 Å². The van der Waals surface area contributed by atoms with Crippen LogP contribution in [0.25, 0.3) is 22.2 Å². The maximum absolute atomic E-state index is 12.0. The molecule has 0 aliphatic carbocycles. The van der Waals surface area contributed by atoms with E-state index in [1.165, 1.54) is 77.0 Å². The molecule has 1 aliphatic heterocycles. The Morgan fingerprint density at radius 2 is 1.29 bits per heavy atom. The highest BCUT2D eigenvalue weighted by molar-refractivity contribution is 6.03. The van der Waals surface area contributed by atoms with Gasteiger partial charge in [-0.2, -0.15) is 0 Å². The molecule has 2 amide bonds. The van der Waals surface area contributed by atoms with Gasteiger partial charge in [0.2, 0.25) is 11.8 Å². The van der Waals surface area contributed by atoms with Crippen LogP contribution in [0.15, 0.2) is 54.6 Å². The van der Waals surface area contributed by atoms with Crippen LogP contribution in [0.4, 0.5) is 5.69 Å². The first-order valence-corrected chi connectivity index (χ1v) is 16.3. The van der Waals surface area contributed by atoms with Crippen molar-refractivity contribution in [1.82, 2.24) is 10.3 Å². The molecule has 2 unspecified atom stereocenters. The third kappa shape index (κ3) is 10.7. The highest BCUT2D eigenvalue weighted by Gasteiger charge is 2.35. The summed E-state index contributed by atoms with van der Waals surface area (Å²) in [5, 5.41) is 3.57. The van der Waals surface area contributed by atoms with Crippen LogP contribution in [0.1, 0.15) is 117 Å². The van der Waals surface area contributed by atoms with Gasteiger partial charge in [0.15, 0.2) is 0 Å². The second kappa shape index (κ2) is 18.4. The van der Waals surface area contributed by atoms with E-state index < -0.39 is 0 Å². The number of nitrogen functional groups attached to an aromatic ring is 1. The van der Waals surface area contributed by atoms with E-state index in [2.05, 4.69) is 36.3 Å². The minimum atomic E-state index is -0.0737. The van der Waals surface area contributed by atoms with Gasteiger partial charge >= 0.3 is 0 Å². The highest BCUT2D eigenvalue weighted by Crippen LogP contribution is 2.32. The smallest absolute Gasteiger partial charge is 0.230 e. The van der Waals surface area contributed by atoms with Gasteiger partial charge in [-0.3, -0.25) is 14.9 Å². The maximum Gasteiger partial charge on any atom is 0.230 e. The summed E-state index contributed by atoms with van der Waals surface area (Å²) < 4.78 is 0. The fourth-order valence-corrected chi connectivity index (χ4v) is 6.03. The molecule has 224 valence electrons. The molecule has 41 heavy (non-hydrogen) atoms. The zero-order valence-electron chi connectivity index (χ0n) is 25.6. The van der Waals surface area contributed by atoms with E-state index in [-0.39, 0.29) is 17.7 Å². The molecule has 3 aromatic rings. The Kier molecular flexibility index (Phi) is 14.5. The number of unbranched alkanes of at least 4 members (excludes halogenated alkanes) is 11. The van der Waals surface area contributed by atoms with Crippen LogP contribution in [0, 0.1) is 11.8 Å². The van der Waals surface area contributed by atoms with Gasteiger partial charge in [0.1, 0.15) is 0 Å². The number of rotatable bonds is 17. The first-order valence-electron chi connectivity index (χ1n) is 16.3. The summed E-state index contributed by atoms with van der Waals surface area (Å²) in [5.41, 5.74) is 10.2. The third-order valence-electron chi connectivity index (χ3n) is 8.49. The molecule has 1 fully saturated rings. The molecule has 0 bridgehead atoms. The average molecular weight is 560 g/mol. The number of benzene rings is 2. The monoisotopic (exact) mass is 559 g/mol. The molecule has 1 saturated heterocycles. The van der Waals surface area contributed by atoms with E-state index in [4.69, 9.17) is 5.73 Å². The molecule has 1 aliphatic rings. The molecule has 1 aromatic heterocycles. The van der Waals surface area contributed by atoms with Crippen molar-refractivity contribution in [1.29, 1.82) is 0 Å². The number of aromatic amines is 1. The lowest BCUT2D eigenvalue weighted by Gasteiger charge is -2.20. The summed E-state index contributed by atoms with van der Waals surface area (Å²) >= 11 is 0. The van der Waals surface area contributed by atoms with E-state index in [1.807, 2.05) is 42.5 Å². The number of nitrogens with two attached hydrogens (primary N) is 1. The van der Waals surface area contributed by atoms with Gasteiger partial charge in [-0.15, -0.1) is 0 Å². The molecule has 4 rings (SSSR count). The number of hydrogen-bond donors (Lipinski definition) is 3. The number of aromatic nitrogens is 1. The number of hydrogen-bond acceptors (Lipinski definition) is 3. The van der Waals surface area contributed by atoms with Crippen molar-refractivity contribution in [3.8, 4) is 11.3 Å². The molecule has 5 nitrogen and oxygen atoms in total. The standard InChI is InChI=1S/C22H41NO2.C14H12N2/c1-3-5-7-8-9-10-11-12-13-14-15-17-19(16-6-4-2)20-18-21(24)23-22(20)25;15-13-11-8-4-5-9-12(11)16-14(13)10-6-2-1-3-7-10/h19-20H,3-18H2,1-2H3,(H,23,24,25);1-9,16H,15H2. The molecule has 2 heterocycles. The number of H-pyrrole nitrogens is 1. The number of anilines is 1. The van der Waals surface area contributed by atoms with Crippen LogP contribution in [-0.2, 0) is 9.59 Å². The van der Waals surface area contributed by atoms with Crippen LogP contribution in [0.5, 0.6) is 0 Å². The minimum absolute atomic E-state index is 0.0193. The van der Waals surface area contributed by atoms with Gasteiger partial charge in [0.25, 0.3) is 0 Å². The lowest BCUT2D eigenvalue weighted by atomic mass is 9.83. The molecule has 0 saturated carbocycles. The largest absolute Gasteiger partial charge is 0.396 e. The summed E-state index contributed by atoms with van der Waals surface area (Å²) in [4.78, 5) is 26.8. The van der Waals surface area contributed by atoms with E-state index in [1.54, 1.807) is 0 Å². The van der Waals surface area contributed by atoms with Crippen molar-refractivity contribution in [3.05, 3.63) is 54.6 Å². The Morgan fingerprint density at radius 3 is 1.88 bits per heavy atom. The fourth-order valence-electron chi connectivity index (χ4n) is 6.03. The Morgan fingerprint density at radius 1 is 0.732 bits per heavy atom. The number of carbonyl (C=O) groups is 2. The van der Waals surface area contributed by atoms with Crippen LogP contribution < -0.4 is 11.1 Å². The van der Waals surface area contributed by atoms with E-state index in [0.29, 0.717) is 12.3 Å². The molecule has 2 aromatic carbocycles. The molecule has 4 N–H and O–H groups in total. The molecular formula is C36H53N3O2. The minimum Gasteiger partial charge on any atom is -0.396 e. The fraction of sp³-hybridized carbons (Fsp3) is 0.556. The van der Waals surface area contributed by atoms with Crippen molar-refractivity contribution in [2.24, 2.45) is 11.8 Å². The van der Waals surface area contributed by atoms with Crippen LogP contribution >= 0.6 is 0 Å². The van der Waals surface area contributed by atoms with Gasteiger partial charge in [-0.25, -0.2) is 0 Å². The normalized spacial score (nSPS) is 15.5. The van der Waals surface area contributed by atoms with Crippen molar-refractivity contribution >= 4 is 28.4 Å². The topological polar surface area (TPSA) is 88.0 Å². The second-order valence-corrected chi connectivity index (χ2v) is 11.8. The number of fused-ring (bicyclic) bond motifs is 1. The predicted octanol–water partition coefficient (Wildman–Crippen LogP) is 9.57. The van der Waals surface area contributed by atoms with E-state index in [0.717, 1.165) is 47.1 Å². The first kappa shape index (κ1) is 32.4. The Hall–Kier alpha value is -3.08. The van der Waals surface area contributed by atoms with Crippen molar-refractivity contribution < 1.29 is 9.59 Å². The molecular weight excluding hydrogens is 506 g/mol. The number of amides is 2. The number of para-hydroxylation sites is 1. The SMILES string of the molecule is CCCCCCCCCCCCCC(CCCC)C1CC(=O)NC1=O.Nc1c(-c2ccccc2)[nH]c2ccccc12. The molecule has 2 atom stereocenters. The van der Waals surface area contributed by atoms with Crippen molar-refractivity contribution in [2.45, 2.75) is 117 Å². The van der Waals surface area contributed by atoms with Gasteiger partial charge in [0.05, 0.1) is 11.4 Å². The number of imide groups is 1. The zero-order chi connectivity index (χ0) is 29.3. The van der Waals surface area contributed by atoms with Gasteiger partial charge in [-0.1, -0.05) is 146 Å². The molecule has 0 spiro atoms. The Labute approximate surface area is 248 Å². The Bertz CT molecular complexity index is 1170. The van der Waals surface area contributed by atoms with Crippen LogP contribution in [-0.4, -0.2) is 16.8 Å². The summed E-state index contributed by atoms with van der Waals surface area (Å²) in [6, 6.07) is 18.2. The van der Waals surface area contributed by atoms with Gasteiger partial charge < -0.3 is 10.7 Å². The van der Waals surface area contributed by atoms with Crippen LogP contribution in [0.2, 0.25) is 0 Å². The average Bonchev–Trinajstić information content (AvgIpc) is 3.51. The number of carbonyl (C=O) groups excluding carboxylic acids is 2. The maximum atomic E-state index is 12.0. The van der Waals surface area contributed by atoms with E-state index in [9.17, 15) is 9.59 Å². The third-order valence-corrected chi connectivity index (χ3v) is 8.49. The lowest BCUT2D eigenvalue weighted by molar-refractivity contribution is -0.126. The Balaban J connectivity index is 0.000000245. The predicted molar refractivity (Wildman–Crippen MR) is 173 cm³/mol.